The average molecular weight is 320 g/mol. The molecule has 23 heavy (non-hydrogen) atoms. The Labute approximate surface area is 141 Å². The molecule has 0 radical (unpaired) electrons. The fraction of sp³-hybridized carbons (Fsp3) is 0.632. The maximum absolute atomic E-state index is 12.8. The molecule has 4 nitrogen and oxygen atoms in total. The molecule has 0 aromatic heterocycles. The van der Waals surface area contributed by atoms with Crippen LogP contribution in [0.15, 0.2) is 24.3 Å². The Morgan fingerprint density at radius 2 is 1.70 bits per heavy atom. The number of hydrogen-bond donors (Lipinski definition) is 0. The fourth-order valence-corrected chi connectivity index (χ4v) is 2.30. The molecule has 0 heterocycles. The number of carbonyl (C=O) groups excluding carboxylic acids is 1. The molecule has 0 aliphatic rings. The van der Waals surface area contributed by atoms with Gasteiger partial charge in [-0.3, -0.25) is 4.79 Å². The largest absolute Gasteiger partial charge is 0.478 e. The van der Waals surface area contributed by atoms with Gasteiger partial charge in [-0.2, -0.15) is 0 Å². The third-order valence-electron chi connectivity index (χ3n) is 4.25. The Balaban J connectivity index is 2.81. The first-order valence-corrected chi connectivity index (χ1v) is 8.39. The molecule has 0 N–H and O–H groups in total. The van der Waals surface area contributed by atoms with Crippen molar-refractivity contribution in [3.63, 3.8) is 0 Å². The van der Waals surface area contributed by atoms with Crippen LogP contribution in [0.5, 0.6) is 5.75 Å². The monoisotopic (exact) mass is 320 g/mol. The molecule has 130 valence electrons. The maximum atomic E-state index is 12.8. The Kier molecular flexibility index (Phi) is 7.07. The van der Waals surface area contributed by atoms with Gasteiger partial charge in [0.2, 0.25) is 0 Å². The molecular formula is C19H32N2O2. The minimum Gasteiger partial charge on any atom is -0.478 e. The number of hydrogen-bond acceptors (Lipinski definition) is 3. The highest BCUT2D eigenvalue weighted by molar-refractivity contribution is 5.85. The van der Waals surface area contributed by atoms with E-state index < -0.39 is 5.60 Å². The highest BCUT2D eigenvalue weighted by atomic mass is 16.5. The van der Waals surface area contributed by atoms with Gasteiger partial charge in [0.25, 0.3) is 5.91 Å². The lowest BCUT2D eigenvalue weighted by Gasteiger charge is -2.33. The van der Waals surface area contributed by atoms with Crippen LogP contribution >= 0.6 is 0 Å². The van der Waals surface area contributed by atoms with E-state index in [2.05, 4.69) is 30.9 Å². The predicted octanol–water partition coefficient (Wildman–Crippen LogP) is 3.38. The number of ether oxygens (including phenoxy) is 1. The summed E-state index contributed by atoms with van der Waals surface area (Å²) in [6.45, 7) is 9.71. The third kappa shape index (κ3) is 5.54. The highest BCUT2D eigenvalue weighted by Crippen LogP contribution is 2.25. The summed E-state index contributed by atoms with van der Waals surface area (Å²) in [5.41, 5.74) is 0.436. The average Bonchev–Trinajstić information content (AvgIpc) is 2.52. The van der Waals surface area contributed by atoms with Crippen molar-refractivity contribution in [2.75, 3.05) is 34.2 Å². The number of likely N-dealkylation sites (N-methyl/N-ethyl adjacent to an activating group) is 2. The van der Waals surface area contributed by atoms with E-state index in [9.17, 15) is 4.79 Å². The van der Waals surface area contributed by atoms with Crippen LogP contribution in [0, 0.1) is 0 Å². The molecule has 0 saturated carbocycles. The highest BCUT2D eigenvalue weighted by Gasteiger charge is 2.36. The van der Waals surface area contributed by atoms with E-state index >= 15 is 0 Å². The number of benzene rings is 1. The summed E-state index contributed by atoms with van der Waals surface area (Å²) < 4.78 is 6.07. The van der Waals surface area contributed by atoms with E-state index in [1.165, 1.54) is 5.56 Å². The Morgan fingerprint density at radius 1 is 1.13 bits per heavy atom. The Bertz CT molecular complexity index is 497. The predicted molar refractivity (Wildman–Crippen MR) is 96.0 cm³/mol. The molecule has 0 aliphatic heterocycles. The van der Waals surface area contributed by atoms with Crippen LogP contribution in [0.3, 0.4) is 0 Å². The minimum atomic E-state index is -0.833. The van der Waals surface area contributed by atoms with Crippen LogP contribution in [0.4, 0.5) is 0 Å². The van der Waals surface area contributed by atoms with Crippen molar-refractivity contribution in [1.82, 2.24) is 9.80 Å². The van der Waals surface area contributed by atoms with E-state index in [4.69, 9.17) is 4.74 Å². The summed E-state index contributed by atoms with van der Waals surface area (Å²) in [7, 11) is 5.85. The molecule has 1 aromatic carbocycles. The van der Waals surface area contributed by atoms with Crippen LogP contribution in [0.1, 0.15) is 45.6 Å². The summed E-state index contributed by atoms with van der Waals surface area (Å²) in [5, 5.41) is 0. The van der Waals surface area contributed by atoms with Gasteiger partial charge in [0.15, 0.2) is 5.60 Å². The van der Waals surface area contributed by atoms with Crippen LogP contribution in [-0.4, -0.2) is 55.5 Å². The first-order chi connectivity index (χ1) is 10.7. The summed E-state index contributed by atoms with van der Waals surface area (Å²) in [4.78, 5) is 16.6. The quantitative estimate of drug-likeness (QED) is 0.736. The molecule has 0 spiro atoms. The van der Waals surface area contributed by atoms with Gasteiger partial charge >= 0.3 is 0 Å². The van der Waals surface area contributed by atoms with Crippen LogP contribution in [0.25, 0.3) is 0 Å². The van der Waals surface area contributed by atoms with Gasteiger partial charge in [-0.1, -0.05) is 32.9 Å². The summed E-state index contributed by atoms with van der Waals surface area (Å²) >= 11 is 0. The van der Waals surface area contributed by atoms with Crippen LogP contribution < -0.4 is 4.74 Å². The van der Waals surface area contributed by atoms with Crippen molar-refractivity contribution >= 4 is 5.91 Å². The number of nitrogens with zero attached hydrogens (tertiary/aromatic N) is 2. The van der Waals surface area contributed by atoms with Gasteiger partial charge in [0.1, 0.15) is 5.75 Å². The lowest BCUT2D eigenvalue weighted by Crippen LogP contribution is -2.50. The van der Waals surface area contributed by atoms with Crippen molar-refractivity contribution in [2.45, 2.75) is 45.6 Å². The van der Waals surface area contributed by atoms with Gasteiger partial charge in [-0.15, -0.1) is 0 Å². The number of carbonyl (C=O) groups is 1. The number of amides is 1. The normalized spacial score (nSPS) is 14.0. The molecular weight excluding hydrogens is 288 g/mol. The van der Waals surface area contributed by atoms with E-state index in [1.807, 2.05) is 47.1 Å². The summed E-state index contributed by atoms with van der Waals surface area (Å²) in [5.74, 6) is 1.25. The van der Waals surface area contributed by atoms with Gasteiger partial charge in [-0.05, 0) is 51.1 Å². The molecule has 1 unspecified atom stereocenters. The van der Waals surface area contributed by atoms with E-state index in [-0.39, 0.29) is 5.91 Å². The third-order valence-corrected chi connectivity index (χ3v) is 4.25. The van der Waals surface area contributed by atoms with Gasteiger partial charge in [0, 0.05) is 20.1 Å². The molecule has 1 atom stereocenters. The zero-order valence-electron chi connectivity index (χ0n) is 15.7. The molecule has 1 amide bonds. The molecule has 0 bridgehead atoms. The van der Waals surface area contributed by atoms with Gasteiger partial charge in [-0.25, -0.2) is 0 Å². The van der Waals surface area contributed by atoms with Crippen molar-refractivity contribution in [1.29, 1.82) is 0 Å². The summed E-state index contributed by atoms with van der Waals surface area (Å²) in [6.07, 6.45) is 0.629. The molecule has 0 fully saturated rings. The zero-order chi connectivity index (χ0) is 17.6. The first-order valence-electron chi connectivity index (χ1n) is 8.39. The van der Waals surface area contributed by atoms with Crippen molar-refractivity contribution in [3.8, 4) is 5.75 Å². The van der Waals surface area contributed by atoms with Crippen LogP contribution in [-0.2, 0) is 4.79 Å². The first kappa shape index (κ1) is 19.5. The van der Waals surface area contributed by atoms with Crippen molar-refractivity contribution in [3.05, 3.63) is 29.8 Å². The van der Waals surface area contributed by atoms with E-state index in [1.54, 1.807) is 4.90 Å². The van der Waals surface area contributed by atoms with Crippen molar-refractivity contribution < 1.29 is 9.53 Å². The fourth-order valence-electron chi connectivity index (χ4n) is 2.30. The molecule has 1 rings (SSSR count). The second kappa shape index (κ2) is 8.34. The smallest absolute Gasteiger partial charge is 0.266 e. The molecule has 0 aliphatic carbocycles. The second-order valence-electron chi connectivity index (χ2n) is 6.94. The SMILES string of the molecule is CCC(C)(Oc1ccc(C(C)C)cc1)C(=O)N(C)CCN(C)C. The molecule has 4 heteroatoms. The topological polar surface area (TPSA) is 32.8 Å². The zero-order valence-corrected chi connectivity index (χ0v) is 15.7. The van der Waals surface area contributed by atoms with Gasteiger partial charge < -0.3 is 14.5 Å². The Morgan fingerprint density at radius 3 is 2.13 bits per heavy atom. The maximum Gasteiger partial charge on any atom is 0.266 e. The molecule has 1 aromatic rings. The van der Waals surface area contributed by atoms with Gasteiger partial charge in [0.05, 0.1) is 0 Å². The van der Waals surface area contributed by atoms with Crippen molar-refractivity contribution in [2.24, 2.45) is 0 Å². The molecule has 0 saturated heterocycles. The van der Waals surface area contributed by atoms with E-state index in [0.717, 1.165) is 12.3 Å². The second-order valence-corrected chi connectivity index (χ2v) is 6.94. The van der Waals surface area contributed by atoms with E-state index in [0.29, 0.717) is 18.9 Å². The Hall–Kier alpha value is -1.55. The lowest BCUT2D eigenvalue weighted by atomic mass is 10.0. The van der Waals surface area contributed by atoms with Crippen LogP contribution in [0.2, 0.25) is 0 Å². The number of rotatable bonds is 8. The lowest BCUT2D eigenvalue weighted by molar-refractivity contribution is -0.145. The minimum absolute atomic E-state index is 0.0230. The standard InChI is InChI=1S/C19H32N2O2/c1-8-19(4,18(22)21(7)14-13-20(5)6)23-17-11-9-16(10-12-17)15(2)3/h9-12,15H,8,13-14H2,1-7H3. The summed E-state index contributed by atoms with van der Waals surface area (Å²) in [6, 6.07) is 8.04.